The third kappa shape index (κ3) is 5.01. The van der Waals surface area contributed by atoms with Gasteiger partial charge in [0.25, 0.3) is 0 Å². The zero-order chi connectivity index (χ0) is 28.8. The van der Waals surface area contributed by atoms with E-state index in [2.05, 4.69) is 4.98 Å². The molecule has 0 bridgehead atoms. The number of fused-ring (bicyclic) bond motifs is 1. The Hall–Kier alpha value is -3.99. The van der Waals surface area contributed by atoms with E-state index >= 15 is 0 Å². The highest BCUT2D eigenvalue weighted by atomic mass is 35.5. The molecule has 8 nitrogen and oxygen atoms in total. The SMILES string of the molecule is CCOc1ccccc1-c1ccc(N2C[C@H]3CN(c4ccc(Cl)cc4C(F)(F)F)C(=O)N3C[C@H]2C)c(C(=O)O)n1. The Kier molecular flexibility index (Phi) is 7.26. The number of carboxylic acids is 1. The number of alkyl halides is 3. The number of anilines is 2. The lowest BCUT2D eigenvalue weighted by molar-refractivity contribution is -0.137. The summed E-state index contributed by atoms with van der Waals surface area (Å²) in [5, 5.41) is 9.98. The maximum absolute atomic E-state index is 13.8. The van der Waals surface area contributed by atoms with Crippen molar-refractivity contribution >= 4 is 35.0 Å². The summed E-state index contributed by atoms with van der Waals surface area (Å²) in [4.78, 5) is 34.6. The molecule has 12 heteroatoms. The third-order valence-electron chi connectivity index (χ3n) is 7.11. The number of hydrogen-bond donors (Lipinski definition) is 1. The van der Waals surface area contributed by atoms with Gasteiger partial charge in [-0.15, -0.1) is 0 Å². The van der Waals surface area contributed by atoms with Crippen LogP contribution in [-0.4, -0.2) is 65.3 Å². The average Bonchev–Trinajstić information content (AvgIpc) is 3.23. The monoisotopic (exact) mass is 574 g/mol. The van der Waals surface area contributed by atoms with Gasteiger partial charge in [-0.3, -0.25) is 4.90 Å². The van der Waals surface area contributed by atoms with Gasteiger partial charge >= 0.3 is 18.2 Å². The minimum atomic E-state index is -4.70. The van der Waals surface area contributed by atoms with Crippen LogP contribution in [-0.2, 0) is 6.18 Å². The Morgan fingerprint density at radius 3 is 2.50 bits per heavy atom. The fourth-order valence-corrected chi connectivity index (χ4v) is 5.50. The largest absolute Gasteiger partial charge is 0.493 e. The van der Waals surface area contributed by atoms with Gasteiger partial charge in [0.1, 0.15) is 5.75 Å². The summed E-state index contributed by atoms with van der Waals surface area (Å²) in [6.45, 7) is 4.53. The molecule has 1 N–H and O–H groups in total. The van der Waals surface area contributed by atoms with E-state index in [1.54, 1.807) is 24.3 Å². The van der Waals surface area contributed by atoms with Gasteiger partial charge in [0.15, 0.2) is 5.69 Å². The van der Waals surface area contributed by atoms with Crippen LogP contribution in [0.3, 0.4) is 0 Å². The normalized spacial score (nSPS) is 19.1. The molecule has 2 aromatic carbocycles. The van der Waals surface area contributed by atoms with Crippen LogP contribution in [0.5, 0.6) is 5.75 Å². The molecular formula is C28H26ClF3N4O4. The number of halogens is 4. The number of ether oxygens (including phenoxy) is 1. The highest BCUT2D eigenvalue weighted by Crippen LogP contribution is 2.41. The van der Waals surface area contributed by atoms with E-state index in [4.69, 9.17) is 16.3 Å². The second-order valence-electron chi connectivity index (χ2n) is 9.66. The molecule has 210 valence electrons. The van der Waals surface area contributed by atoms with E-state index in [1.807, 2.05) is 30.9 Å². The number of pyridine rings is 1. The van der Waals surface area contributed by atoms with Crippen LogP contribution in [0.2, 0.25) is 5.02 Å². The fraction of sp³-hybridized carbons (Fsp3) is 0.321. The van der Waals surface area contributed by atoms with E-state index in [9.17, 15) is 27.9 Å². The lowest BCUT2D eigenvalue weighted by Crippen LogP contribution is -2.57. The average molecular weight is 575 g/mol. The fourth-order valence-electron chi connectivity index (χ4n) is 5.33. The van der Waals surface area contributed by atoms with Crippen LogP contribution in [0.15, 0.2) is 54.6 Å². The lowest BCUT2D eigenvalue weighted by atomic mass is 10.0. The topological polar surface area (TPSA) is 86.2 Å². The first kappa shape index (κ1) is 27.6. The first-order valence-electron chi connectivity index (χ1n) is 12.7. The van der Waals surface area contributed by atoms with E-state index in [0.29, 0.717) is 29.3 Å². The van der Waals surface area contributed by atoms with Crippen LogP contribution >= 0.6 is 11.6 Å². The Morgan fingerprint density at radius 1 is 1.07 bits per heavy atom. The molecule has 2 amide bonds. The highest BCUT2D eigenvalue weighted by Gasteiger charge is 2.46. The molecule has 0 radical (unpaired) electrons. The number of amides is 2. The van der Waals surface area contributed by atoms with Gasteiger partial charge in [-0.05, 0) is 56.3 Å². The van der Waals surface area contributed by atoms with Crippen molar-refractivity contribution in [1.29, 1.82) is 0 Å². The van der Waals surface area contributed by atoms with Crippen LogP contribution in [0.25, 0.3) is 11.3 Å². The number of aromatic carboxylic acids is 1. The van der Waals surface area contributed by atoms with Crippen LogP contribution in [0.1, 0.15) is 29.9 Å². The number of rotatable bonds is 6. The summed E-state index contributed by atoms with van der Waals surface area (Å²) in [6.07, 6.45) is -4.70. The van der Waals surface area contributed by atoms with Gasteiger partial charge < -0.3 is 19.6 Å². The number of piperazine rings is 1. The molecule has 3 aromatic rings. The molecule has 40 heavy (non-hydrogen) atoms. The first-order valence-corrected chi connectivity index (χ1v) is 13.1. The molecule has 0 unspecified atom stereocenters. The Labute approximate surface area is 233 Å². The molecular weight excluding hydrogens is 549 g/mol. The molecule has 5 rings (SSSR count). The number of para-hydroxylation sites is 1. The summed E-state index contributed by atoms with van der Waals surface area (Å²) in [7, 11) is 0. The Balaban J connectivity index is 1.46. The number of carboxylic acid groups (broad SMARTS) is 1. The minimum Gasteiger partial charge on any atom is -0.493 e. The van der Waals surface area contributed by atoms with Gasteiger partial charge in [-0.2, -0.15) is 13.2 Å². The maximum Gasteiger partial charge on any atom is 0.418 e. The number of carbonyl (C=O) groups is 2. The van der Waals surface area contributed by atoms with Crippen molar-refractivity contribution in [2.24, 2.45) is 0 Å². The molecule has 0 aliphatic carbocycles. The van der Waals surface area contributed by atoms with Crippen molar-refractivity contribution in [1.82, 2.24) is 9.88 Å². The highest BCUT2D eigenvalue weighted by molar-refractivity contribution is 6.30. The van der Waals surface area contributed by atoms with Crippen molar-refractivity contribution in [2.45, 2.75) is 32.1 Å². The third-order valence-corrected chi connectivity index (χ3v) is 7.35. The predicted molar refractivity (Wildman–Crippen MR) is 144 cm³/mol. The lowest BCUT2D eigenvalue weighted by Gasteiger charge is -2.42. The summed E-state index contributed by atoms with van der Waals surface area (Å²) in [6, 6.07) is 12.6. The number of benzene rings is 2. The number of hydrogen-bond acceptors (Lipinski definition) is 5. The second kappa shape index (κ2) is 10.5. The van der Waals surface area contributed by atoms with E-state index in [-0.39, 0.29) is 42.1 Å². The van der Waals surface area contributed by atoms with Crippen LogP contribution in [0, 0.1) is 0 Å². The maximum atomic E-state index is 13.8. The van der Waals surface area contributed by atoms with E-state index in [1.165, 1.54) is 17.0 Å². The summed E-state index contributed by atoms with van der Waals surface area (Å²) in [5.74, 6) is -0.644. The molecule has 2 saturated heterocycles. The number of carbonyl (C=O) groups excluding carboxylic acids is 1. The second-order valence-corrected chi connectivity index (χ2v) is 10.1. The quantitative estimate of drug-likeness (QED) is 0.386. The zero-order valence-corrected chi connectivity index (χ0v) is 22.4. The van der Waals surface area contributed by atoms with Crippen LogP contribution < -0.4 is 14.5 Å². The van der Waals surface area contributed by atoms with E-state index < -0.39 is 29.8 Å². The van der Waals surface area contributed by atoms with Gasteiger partial charge in [0, 0.05) is 36.3 Å². The van der Waals surface area contributed by atoms with Crippen molar-refractivity contribution in [3.05, 3.63) is 70.9 Å². The molecule has 3 heterocycles. The molecule has 2 fully saturated rings. The van der Waals surface area contributed by atoms with Gasteiger partial charge in [-0.1, -0.05) is 23.7 Å². The smallest absolute Gasteiger partial charge is 0.418 e. The predicted octanol–water partition coefficient (Wildman–Crippen LogP) is 6.04. The zero-order valence-electron chi connectivity index (χ0n) is 21.7. The first-order chi connectivity index (χ1) is 19.0. The molecule has 0 spiro atoms. The minimum absolute atomic E-state index is 0.00240. The number of aromatic nitrogens is 1. The molecule has 1 aromatic heterocycles. The summed E-state index contributed by atoms with van der Waals surface area (Å²) >= 11 is 5.83. The number of urea groups is 1. The molecule has 2 aliphatic rings. The van der Waals surface area contributed by atoms with Gasteiger partial charge in [-0.25, -0.2) is 14.6 Å². The van der Waals surface area contributed by atoms with Crippen molar-refractivity contribution in [2.75, 3.05) is 36.0 Å². The standard InChI is InChI=1S/C28H26ClF3N4O4/c1-3-40-24-7-5-4-6-19(24)21-9-11-23(25(33-21)26(37)38)34-14-18-15-36(27(39)35(18)13-16(34)2)22-10-8-17(29)12-20(22)28(30,31)32/h4-12,16,18H,3,13-15H2,1-2H3,(H,37,38)/t16-,18+/m1/s1. The number of nitrogens with zero attached hydrogens (tertiary/aromatic N) is 4. The van der Waals surface area contributed by atoms with Crippen molar-refractivity contribution in [3.63, 3.8) is 0 Å². The van der Waals surface area contributed by atoms with Gasteiger partial charge in [0.05, 0.1) is 35.3 Å². The van der Waals surface area contributed by atoms with Crippen molar-refractivity contribution in [3.8, 4) is 17.0 Å². The van der Waals surface area contributed by atoms with Crippen LogP contribution in [0.4, 0.5) is 29.3 Å². The van der Waals surface area contributed by atoms with E-state index in [0.717, 1.165) is 11.0 Å². The molecule has 0 saturated carbocycles. The van der Waals surface area contributed by atoms with Crippen molar-refractivity contribution < 1.29 is 32.6 Å². The summed E-state index contributed by atoms with van der Waals surface area (Å²) in [5.41, 5.74) is 0.0324. The van der Waals surface area contributed by atoms with Gasteiger partial charge in [0.2, 0.25) is 0 Å². The molecule has 2 aliphatic heterocycles. The Bertz CT molecular complexity index is 1470. The molecule has 2 atom stereocenters. The summed E-state index contributed by atoms with van der Waals surface area (Å²) < 4.78 is 47.0. The Morgan fingerprint density at radius 2 is 1.80 bits per heavy atom.